The number of carbonyl (C=O) groups excluding carboxylic acids is 4. The number of fused-ring (bicyclic) bond motifs is 5. The Kier molecular flexibility index (Phi) is 10.3. The van der Waals surface area contributed by atoms with Crippen LogP contribution in [0.2, 0.25) is 0 Å². The quantitative estimate of drug-likeness (QED) is 0.228. The van der Waals surface area contributed by atoms with E-state index in [9.17, 15) is 36.4 Å². The normalized spacial score (nSPS) is 28.4. The molecule has 0 bridgehead atoms. The van der Waals surface area contributed by atoms with Gasteiger partial charge in [-0.1, -0.05) is 42.3 Å². The zero-order valence-electron chi connectivity index (χ0n) is 30.8. The van der Waals surface area contributed by atoms with Crippen LogP contribution < -0.4 is 15.4 Å². The molecule has 0 spiro atoms. The topological polar surface area (TPSA) is 173 Å². The van der Waals surface area contributed by atoms with Crippen molar-refractivity contribution in [3.05, 3.63) is 71.3 Å². The number of amides is 4. The van der Waals surface area contributed by atoms with E-state index in [1.54, 1.807) is 12.1 Å². The molecular weight excluding hydrogens is 749 g/mol. The lowest BCUT2D eigenvalue weighted by atomic mass is 10.0. The molecule has 4 amide bonds. The molecule has 0 unspecified atom stereocenters. The van der Waals surface area contributed by atoms with Crippen LogP contribution in [-0.2, 0) is 34.0 Å². The van der Waals surface area contributed by atoms with Gasteiger partial charge in [-0.15, -0.1) is 0 Å². The molecule has 13 nitrogen and oxygen atoms in total. The number of nitrogens with zero attached hydrogens (tertiary/aromatic N) is 2. The van der Waals surface area contributed by atoms with Crippen LogP contribution >= 0.6 is 0 Å². The predicted octanol–water partition coefficient (Wildman–Crippen LogP) is 4.72. The molecule has 298 valence electrons. The third-order valence-electron chi connectivity index (χ3n) is 11.8. The Morgan fingerprint density at radius 3 is 2.23 bits per heavy atom. The SMILES string of the molecule is O=C(N[C@H]1CCCCC/C=C\[C@@H]2C[C@]2(C(=O)NS(=O)(=O)C2CC2)NC(=O)[C@@H]2C[C@@H](ON=C3c4cc(F)ccc4-c4ccc(F)cc43)CN2C1=O)OC1CCCC1. The first-order valence-corrected chi connectivity index (χ1v) is 21.1. The molecule has 5 atom stereocenters. The number of oxime groups is 1. The van der Waals surface area contributed by atoms with E-state index in [1.165, 1.54) is 29.2 Å². The molecule has 3 saturated carbocycles. The number of hydrogen-bond acceptors (Lipinski definition) is 9. The van der Waals surface area contributed by atoms with E-state index in [1.807, 2.05) is 12.2 Å². The van der Waals surface area contributed by atoms with E-state index in [4.69, 9.17) is 9.57 Å². The van der Waals surface area contributed by atoms with Gasteiger partial charge < -0.3 is 25.1 Å². The smallest absolute Gasteiger partial charge is 0.408 e. The van der Waals surface area contributed by atoms with Gasteiger partial charge in [-0.25, -0.2) is 22.0 Å². The van der Waals surface area contributed by atoms with Gasteiger partial charge >= 0.3 is 6.09 Å². The summed E-state index contributed by atoms with van der Waals surface area (Å²) in [7, 11) is -3.93. The maximum absolute atomic E-state index is 14.5. The van der Waals surface area contributed by atoms with Gasteiger partial charge in [-0.2, -0.15) is 0 Å². The number of benzene rings is 2. The first-order valence-electron chi connectivity index (χ1n) is 19.6. The maximum Gasteiger partial charge on any atom is 0.408 e. The molecule has 0 aromatic heterocycles. The molecule has 8 rings (SSSR count). The Labute approximate surface area is 323 Å². The summed E-state index contributed by atoms with van der Waals surface area (Å²) < 4.78 is 62.4. The van der Waals surface area contributed by atoms with Gasteiger partial charge in [0.1, 0.15) is 47.2 Å². The summed E-state index contributed by atoms with van der Waals surface area (Å²) in [5.74, 6) is -3.62. The fourth-order valence-electron chi connectivity index (χ4n) is 8.44. The summed E-state index contributed by atoms with van der Waals surface area (Å²) in [5, 5.41) is 9.28. The van der Waals surface area contributed by atoms with Gasteiger partial charge in [0.25, 0.3) is 5.91 Å². The highest BCUT2D eigenvalue weighted by atomic mass is 32.2. The molecule has 6 aliphatic rings. The molecule has 0 radical (unpaired) electrons. The summed E-state index contributed by atoms with van der Waals surface area (Å²) in [4.78, 5) is 63.0. The minimum atomic E-state index is -3.93. The maximum atomic E-state index is 14.5. The van der Waals surface area contributed by atoms with Gasteiger partial charge in [0.05, 0.1) is 11.8 Å². The average Bonchev–Trinajstić information content (AvgIpc) is 3.99. The van der Waals surface area contributed by atoms with Crippen molar-refractivity contribution in [1.29, 1.82) is 0 Å². The van der Waals surface area contributed by atoms with Crippen molar-refractivity contribution in [2.75, 3.05) is 6.54 Å². The summed E-state index contributed by atoms with van der Waals surface area (Å²) in [6.07, 6.45) is 9.26. The van der Waals surface area contributed by atoms with Gasteiger partial charge in [0, 0.05) is 23.5 Å². The van der Waals surface area contributed by atoms with Gasteiger partial charge in [0.2, 0.25) is 21.8 Å². The molecule has 2 heterocycles. The average molecular weight is 794 g/mol. The number of ether oxygens (including phenoxy) is 1. The van der Waals surface area contributed by atoms with Crippen molar-refractivity contribution in [2.24, 2.45) is 11.1 Å². The highest BCUT2D eigenvalue weighted by molar-refractivity contribution is 7.91. The minimum absolute atomic E-state index is 0.0851. The molecule has 4 fully saturated rings. The van der Waals surface area contributed by atoms with Crippen LogP contribution in [0, 0.1) is 17.6 Å². The van der Waals surface area contributed by atoms with Crippen molar-refractivity contribution in [3.8, 4) is 11.1 Å². The van der Waals surface area contributed by atoms with Gasteiger partial charge in [-0.3, -0.25) is 19.1 Å². The molecule has 3 N–H and O–H groups in total. The molecule has 2 aromatic rings. The van der Waals surface area contributed by atoms with Crippen LogP contribution in [0.4, 0.5) is 13.6 Å². The lowest BCUT2D eigenvalue weighted by Gasteiger charge is -2.30. The number of carbonyl (C=O) groups is 4. The standard InChI is InChI=1S/C40H45F2N5O8S/c41-24-12-16-29-30-17-13-25(42)19-32(30)35(31(29)18-24)45-55-27-20-34-36(48)44-40(38(50)46-56(52,53)28-14-15-28)21-23(40)8-4-2-1-3-5-11-33(37(49)47(34)22-27)43-39(51)54-26-9-6-7-10-26/h4,8,12-13,16-19,23,26-28,33-34H,1-3,5-7,9-11,14-15,20-22H2,(H,43,51)(H,44,48)(H,46,50)/b8-4-/t23-,27-,33+,34+,40+/m1/s1. The molecule has 16 heteroatoms. The van der Waals surface area contributed by atoms with Crippen molar-refractivity contribution in [2.45, 2.75) is 119 Å². The van der Waals surface area contributed by atoms with Crippen LogP contribution in [0.25, 0.3) is 11.1 Å². The van der Waals surface area contributed by atoms with E-state index < -0.39 is 80.4 Å². The number of halogens is 2. The van der Waals surface area contributed by atoms with E-state index >= 15 is 0 Å². The molecular formula is C40H45F2N5O8S. The summed E-state index contributed by atoms with van der Waals surface area (Å²) in [6, 6.07) is 6.05. The predicted molar refractivity (Wildman–Crippen MR) is 199 cm³/mol. The summed E-state index contributed by atoms with van der Waals surface area (Å²) in [6.45, 7) is -0.145. The third kappa shape index (κ3) is 7.76. The Bertz CT molecular complexity index is 2050. The molecule has 1 saturated heterocycles. The van der Waals surface area contributed by atoms with Crippen LogP contribution in [0.15, 0.2) is 53.7 Å². The van der Waals surface area contributed by atoms with Crippen molar-refractivity contribution < 1.29 is 46.0 Å². The number of rotatable bonds is 7. The zero-order chi connectivity index (χ0) is 39.2. The summed E-state index contributed by atoms with van der Waals surface area (Å²) >= 11 is 0. The Balaban J connectivity index is 1.09. The van der Waals surface area contributed by atoms with E-state index in [-0.39, 0.29) is 37.6 Å². The second kappa shape index (κ2) is 15.2. The largest absolute Gasteiger partial charge is 0.446 e. The summed E-state index contributed by atoms with van der Waals surface area (Å²) in [5.41, 5.74) is 0.673. The monoisotopic (exact) mass is 793 g/mol. The van der Waals surface area contributed by atoms with Crippen LogP contribution in [0.3, 0.4) is 0 Å². The lowest BCUT2D eigenvalue weighted by Crippen LogP contribution is -2.58. The Hall–Kier alpha value is -4.86. The van der Waals surface area contributed by atoms with E-state index in [0.29, 0.717) is 47.9 Å². The molecule has 56 heavy (non-hydrogen) atoms. The van der Waals surface area contributed by atoms with E-state index in [2.05, 4.69) is 20.5 Å². The Morgan fingerprint density at radius 1 is 0.875 bits per heavy atom. The fourth-order valence-corrected chi connectivity index (χ4v) is 9.80. The highest BCUT2D eigenvalue weighted by Crippen LogP contribution is 2.46. The van der Waals surface area contributed by atoms with Crippen LogP contribution in [0.1, 0.15) is 94.6 Å². The highest BCUT2D eigenvalue weighted by Gasteiger charge is 2.62. The molecule has 4 aliphatic carbocycles. The van der Waals surface area contributed by atoms with Crippen LogP contribution in [-0.4, -0.2) is 84.5 Å². The zero-order valence-corrected chi connectivity index (χ0v) is 31.6. The second-order valence-corrected chi connectivity index (χ2v) is 17.8. The van der Waals surface area contributed by atoms with Crippen molar-refractivity contribution in [3.63, 3.8) is 0 Å². The van der Waals surface area contributed by atoms with Crippen molar-refractivity contribution in [1.82, 2.24) is 20.3 Å². The second-order valence-electron chi connectivity index (χ2n) is 15.8. The molecule has 2 aliphatic heterocycles. The van der Waals surface area contributed by atoms with Gasteiger partial charge in [-0.05, 0) is 99.6 Å². The number of alkyl carbamates (subject to hydrolysis) is 1. The number of nitrogens with one attached hydrogen (secondary N) is 3. The first-order chi connectivity index (χ1) is 26.9. The van der Waals surface area contributed by atoms with Crippen LogP contribution in [0.5, 0.6) is 0 Å². The minimum Gasteiger partial charge on any atom is -0.446 e. The van der Waals surface area contributed by atoms with Gasteiger partial charge in [0.15, 0.2) is 0 Å². The van der Waals surface area contributed by atoms with Crippen molar-refractivity contribution >= 4 is 39.5 Å². The third-order valence-corrected chi connectivity index (χ3v) is 13.6. The number of hydrogen-bond donors (Lipinski definition) is 3. The molecule has 2 aromatic carbocycles. The Morgan fingerprint density at radius 2 is 1.55 bits per heavy atom. The number of sulfonamides is 1. The fraction of sp³-hybridized carbons (Fsp3) is 0.525. The van der Waals surface area contributed by atoms with E-state index in [0.717, 1.165) is 38.5 Å². The number of allylic oxidation sites excluding steroid dienone is 1. The lowest BCUT2D eigenvalue weighted by molar-refractivity contribution is -0.141. The first kappa shape index (κ1) is 38.0.